The van der Waals surface area contributed by atoms with Crippen molar-refractivity contribution in [2.24, 2.45) is 5.41 Å². The molecule has 11 heavy (non-hydrogen) atoms. The van der Waals surface area contributed by atoms with Gasteiger partial charge in [-0.25, -0.2) is 0 Å². The molecule has 0 aromatic heterocycles. The average Bonchev–Trinajstić information content (AvgIpc) is 2.64. The first-order valence-corrected chi connectivity index (χ1v) is 3.88. The van der Waals surface area contributed by atoms with Gasteiger partial charge in [0.1, 0.15) is 0 Å². The molecule has 0 N–H and O–H groups in total. The third-order valence-electron chi connectivity index (χ3n) is 1.82. The molecule has 0 heterocycles. The summed E-state index contributed by atoms with van der Waals surface area (Å²) in [7, 11) is 0. The smallest absolute Gasteiger partial charge is 0.312 e. The van der Waals surface area contributed by atoms with Gasteiger partial charge in [0.2, 0.25) is 5.12 Å². The van der Waals surface area contributed by atoms with Crippen LogP contribution in [0.3, 0.4) is 0 Å². The third kappa shape index (κ3) is 2.22. The molecule has 0 bridgehead atoms. The molecule has 0 saturated heterocycles. The van der Waals surface area contributed by atoms with E-state index in [9.17, 15) is 9.59 Å². The molecule has 0 aromatic carbocycles. The number of hydrogen-bond donors (Lipinski definition) is 1. The Morgan fingerprint density at radius 1 is 1.55 bits per heavy atom. The highest BCUT2D eigenvalue weighted by Crippen LogP contribution is 2.45. The van der Waals surface area contributed by atoms with E-state index in [1.165, 1.54) is 0 Å². The molecule has 1 aliphatic carbocycles. The van der Waals surface area contributed by atoms with Crippen molar-refractivity contribution in [2.75, 3.05) is 6.61 Å². The maximum Gasteiger partial charge on any atom is 0.312 e. The van der Waals surface area contributed by atoms with Crippen LogP contribution in [0.1, 0.15) is 19.8 Å². The summed E-state index contributed by atoms with van der Waals surface area (Å²) in [6.07, 6.45) is 1.74. The topological polar surface area (TPSA) is 43.4 Å². The second-order valence-electron chi connectivity index (χ2n) is 3.03. The van der Waals surface area contributed by atoms with E-state index in [4.69, 9.17) is 0 Å². The molecule has 0 unspecified atom stereocenters. The number of rotatable bonds is 3. The standard InChI is InChI=1S/C7H10O3S/c1-7(2-3-7)6(9)10-4-5(8)11/h2-4H2,1H3,(H,8,11). The minimum atomic E-state index is -0.414. The zero-order valence-corrected chi connectivity index (χ0v) is 7.19. The van der Waals surface area contributed by atoms with Gasteiger partial charge in [-0.05, 0) is 19.8 Å². The summed E-state index contributed by atoms with van der Waals surface area (Å²) in [5.74, 6) is -0.278. The molecule has 1 aliphatic rings. The number of thiol groups is 1. The second-order valence-corrected chi connectivity index (χ2v) is 3.53. The van der Waals surface area contributed by atoms with E-state index in [0.717, 1.165) is 12.8 Å². The Hall–Kier alpha value is -0.510. The highest BCUT2D eigenvalue weighted by Gasteiger charge is 2.46. The molecule has 62 valence electrons. The Kier molecular flexibility index (Phi) is 2.23. The largest absolute Gasteiger partial charge is 0.456 e. The van der Waals surface area contributed by atoms with E-state index in [2.05, 4.69) is 17.4 Å². The fraction of sp³-hybridized carbons (Fsp3) is 0.714. The van der Waals surface area contributed by atoms with Crippen LogP contribution in [0.15, 0.2) is 0 Å². The Labute approximate surface area is 70.5 Å². The molecule has 3 nitrogen and oxygen atoms in total. The van der Waals surface area contributed by atoms with Gasteiger partial charge in [-0.1, -0.05) is 0 Å². The Balaban J connectivity index is 2.27. The van der Waals surface area contributed by atoms with Crippen molar-refractivity contribution in [3.05, 3.63) is 0 Å². The van der Waals surface area contributed by atoms with Gasteiger partial charge in [0, 0.05) is 0 Å². The number of esters is 1. The average molecular weight is 174 g/mol. The van der Waals surface area contributed by atoms with Gasteiger partial charge in [0.25, 0.3) is 0 Å². The predicted octanol–water partition coefficient (Wildman–Crippen LogP) is 0.786. The lowest BCUT2D eigenvalue weighted by Gasteiger charge is -2.06. The summed E-state index contributed by atoms with van der Waals surface area (Å²) in [4.78, 5) is 21.3. The van der Waals surface area contributed by atoms with Crippen molar-refractivity contribution in [2.45, 2.75) is 19.8 Å². The van der Waals surface area contributed by atoms with Gasteiger partial charge >= 0.3 is 5.97 Å². The molecule has 0 aromatic rings. The highest BCUT2D eigenvalue weighted by molar-refractivity contribution is 7.96. The van der Waals surface area contributed by atoms with Gasteiger partial charge in [0.15, 0.2) is 6.61 Å². The number of carbonyl (C=O) groups excluding carboxylic acids is 2. The molecular formula is C7H10O3S. The summed E-state index contributed by atoms with van der Waals surface area (Å²) in [5, 5.41) is -0.414. The molecule has 1 saturated carbocycles. The van der Waals surface area contributed by atoms with Crippen LogP contribution in [-0.2, 0) is 14.3 Å². The monoisotopic (exact) mass is 174 g/mol. The van der Waals surface area contributed by atoms with Crippen LogP contribution in [0.2, 0.25) is 0 Å². The first-order chi connectivity index (χ1) is 5.04. The molecule has 4 heteroatoms. The van der Waals surface area contributed by atoms with Crippen molar-refractivity contribution in [3.8, 4) is 0 Å². The lowest BCUT2D eigenvalue weighted by Crippen LogP contribution is -2.18. The van der Waals surface area contributed by atoms with Crippen LogP contribution in [0.25, 0.3) is 0 Å². The normalized spacial score (nSPS) is 19.1. The van der Waals surface area contributed by atoms with Crippen LogP contribution >= 0.6 is 12.6 Å². The SMILES string of the molecule is CC1(C(=O)OCC(=O)S)CC1. The number of hydrogen-bond acceptors (Lipinski definition) is 3. The Morgan fingerprint density at radius 3 is 2.45 bits per heavy atom. The molecule has 1 rings (SSSR count). The lowest BCUT2D eigenvalue weighted by atomic mass is 10.1. The Bertz CT molecular complexity index is 196. The maximum absolute atomic E-state index is 11.0. The molecule has 1 fully saturated rings. The van der Waals surface area contributed by atoms with E-state index in [1.54, 1.807) is 0 Å². The Morgan fingerprint density at radius 2 is 2.09 bits per heavy atom. The van der Waals surface area contributed by atoms with E-state index in [-0.39, 0.29) is 18.0 Å². The van der Waals surface area contributed by atoms with Crippen molar-refractivity contribution in [3.63, 3.8) is 0 Å². The van der Waals surface area contributed by atoms with Crippen LogP contribution in [0, 0.1) is 5.41 Å². The minimum absolute atomic E-state index is 0.211. The van der Waals surface area contributed by atoms with Gasteiger partial charge in [-0.2, -0.15) is 0 Å². The molecular weight excluding hydrogens is 164 g/mol. The van der Waals surface area contributed by atoms with Crippen molar-refractivity contribution < 1.29 is 14.3 Å². The quantitative estimate of drug-likeness (QED) is 0.508. The van der Waals surface area contributed by atoms with E-state index in [0.29, 0.717) is 0 Å². The van der Waals surface area contributed by atoms with Gasteiger partial charge in [0.05, 0.1) is 5.41 Å². The van der Waals surface area contributed by atoms with E-state index < -0.39 is 5.12 Å². The first-order valence-electron chi connectivity index (χ1n) is 3.44. The van der Waals surface area contributed by atoms with E-state index >= 15 is 0 Å². The zero-order chi connectivity index (χ0) is 8.48. The first kappa shape index (κ1) is 8.59. The second kappa shape index (κ2) is 2.85. The maximum atomic E-state index is 11.0. The number of carbonyl (C=O) groups is 2. The summed E-state index contributed by atoms with van der Waals surface area (Å²) in [6, 6.07) is 0. The van der Waals surface area contributed by atoms with Crippen molar-refractivity contribution in [1.82, 2.24) is 0 Å². The van der Waals surface area contributed by atoms with Crippen LogP contribution in [0.5, 0.6) is 0 Å². The van der Waals surface area contributed by atoms with Crippen LogP contribution < -0.4 is 0 Å². The lowest BCUT2D eigenvalue weighted by molar-refractivity contribution is -0.151. The van der Waals surface area contributed by atoms with E-state index in [1.807, 2.05) is 6.92 Å². The fourth-order valence-corrected chi connectivity index (χ4v) is 0.758. The third-order valence-corrected chi connectivity index (χ3v) is 1.95. The highest BCUT2D eigenvalue weighted by atomic mass is 32.1. The summed E-state index contributed by atoms with van der Waals surface area (Å²) >= 11 is 3.47. The van der Waals surface area contributed by atoms with Gasteiger partial charge in [-0.15, -0.1) is 12.6 Å². The van der Waals surface area contributed by atoms with Crippen molar-refractivity contribution in [1.29, 1.82) is 0 Å². The predicted molar refractivity (Wildman–Crippen MR) is 42.3 cm³/mol. The van der Waals surface area contributed by atoms with Crippen LogP contribution in [0.4, 0.5) is 0 Å². The zero-order valence-electron chi connectivity index (χ0n) is 6.29. The van der Waals surface area contributed by atoms with Crippen molar-refractivity contribution >= 4 is 23.7 Å². The number of ether oxygens (including phenoxy) is 1. The minimum Gasteiger partial charge on any atom is -0.456 e. The van der Waals surface area contributed by atoms with Gasteiger partial charge in [-0.3, -0.25) is 9.59 Å². The fourth-order valence-electron chi connectivity index (χ4n) is 0.693. The molecule has 0 aliphatic heterocycles. The molecule has 0 amide bonds. The summed E-state index contributed by atoms with van der Waals surface area (Å²) in [5.41, 5.74) is -0.302. The van der Waals surface area contributed by atoms with Gasteiger partial charge < -0.3 is 4.74 Å². The summed E-state index contributed by atoms with van der Waals surface area (Å²) in [6.45, 7) is 1.62. The summed E-state index contributed by atoms with van der Waals surface area (Å²) < 4.78 is 4.67. The molecule has 0 atom stereocenters. The van der Waals surface area contributed by atoms with Crippen LogP contribution in [-0.4, -0.2) is 17.7 Å². The molecule has 0 spiro atoms. The molecule has 0 radical (unpaired) electrons.